The first-order valence-electron chi connectivity index (χ1n) is 6.82. The van der Waals surface area contributed by atoms with Gasteiger partial charge in [-0.1, -0.05) is 6.42 Å². The maximum absolute atomic E-state index is 9.55. The molecule has 0 spiro atoms. The Morgan fingerprint density at radius 3 is 2.83 bits per heavy atom. The first-order chi connectivity index (χ1) is 8.78. The molecule has 0 amide bonds. The van der Waals surface area contributed by atoms with Crippen LogP contribution in [0.5, 0.6) is 0 Å². The van der Waals surface area contributed by atoms with Crippen molar-refractivity contribution in [3.05, 3.63) is 29.6 Å². The van der Waals surface area contributed by atoms with Crippen LogP contribution in [-0.4, -0.2) is 40.7 Å². The molecule has 2 heterocycles. The Hall–Kier alpha value is -0.970. The van der Waals surface area contributed by atoms with Gasteiger partial charge < -0.3 is 10.8 Å². The van der Waals surface area contributed by atoms with Crippen LogP contribution in [0, 0.1) is 0 Å². The highest BCUT2D eigenvalue weighted by molar-refractivity contribution is 5.17. The van der Waals surface area contributed by atoms with E-state index in [0.29, 0.717) is 6.42 Å². The summed E-state index contributed by atoms with van der Waals surface area (Å²) in [5.74, 6) is 0. The van der Waals surface area contributed by atoms with Crippen molar-refractivity contribution in [1.82, 2.24) is 9.88 Å². The van der Waals surface area contributed by atoms with Crippen molar-refractivity contribution < 1.29 is 5.11 Å². The van der Waals surface area contributed by atoms with E-state index in [-0.39, 0.29) is 6.54 Å². The van der Waals surface area contributed by atoms with Crippen molar-refractivity contribution in [2.45, 2.75) is 38.3 Å². The molecule has 2 rings (SSSR count). The Balaban J connectivity index is 1.93. The molecule has 0 saturated carbocycles. The van der Waals surface area contributed by atoms with E-state index in [4.69, 9.17) is 5.73 Å². The van der Waals surface area contributed by atoms with Crippen LogP contribution in [0.3, 0.4) is 0 Å². The van der Waals surface area contributed by atoms with E-state index in [1.165, 1.54) is 37.9 Å². The minimum atomic E-state index is -0.484. The Morgan fingerprint density at radius 1 is 1.33 bits per heavy atom. The first kappa shape index (κ1) is 13.5. The largest absolute Gasteiger partial charge is 0.391 e. The molecule has 0 aliphatic carbocycles. The summed E-state index contributed by atoms with van der Waals surface area (Å²) in [5.41, 5.74) is 7.64. The lowest BCUT2D eigenvalue weighted by Gasteiger charge is -2.26. The van der Waals surface area contributed by atoms with Gasteiger partial charge in [0.15, 0.2) is 0 Å². The number of rotatable bonds is 5. The maximum Gasteiger partial charge on any atom is 0.0717 e. The summed E-state index contributed by atoms with van der Waals surface area (Å²) in [6.07, 6.45) is 5.87. The van der Waals surface area contributed by atoms with E-state index in [0.717, 1.165) is 12.2 Å². The number of hydrogen-bond donors (Lipinski definition) is 2. The Labute approximate surface area is 109 Å². The minimum absolute atomic E-state index is 0.290. The fraction of sp³-hybridized carbons (Fsp3) is 0.643. The fourth-order valence-corrected chi connectivity index (χ4v) is 2.44. The Morgan fingerprint density at radius 2 is 2.11 bits per heavy atom. The van der Waals surface area contributed by atoms with E-state index in [1.807, 2.05) is 6.20 Å². The lowest BCUT2D eigenvalue weighted by molar-refractivity contribution is 0.182. The van der Waals surface area contributed by atoms with Gasteiger partial charge in [0.25, 0.3) is 0 Å². The van der Waals surface area contributed by atoms with Gasteiger partial charge in [-0.2, -0.15) is 0 Å². The number of hydrogen-bond acceptors (Lipinski definition) is 4. The molecule has 4 nitrogen and oxygen atoms in total. The first-order valence-corrected chi connectivity index (χ1v) is 6.82. The van der Waals surface area contributed by atoms with Crippen molar-refractivity contribution in [2.75, 3.05) is 19.6 Å². The molecule has 0 aromatic carbocycles. The number of pyridine rings is 1. The van der Waals surface area contributed by atoms with Gasteiger partial charge in [0, 0.05) is 31.4 Å². The van der Waals surface area contributed by atoms with Gasteiger partial charge in [0.05, 0.1) is 6.10 Å². The second kappa shape index (κ2) is 6.83. The van der Waals surface area contributed by atoms with Crippen LogP contribution >= 0.6 is 0 Å². The number of aliphatic hydroxyl groups is 1. The van der Waals surface area contributed by atoms with Crippen LogP contribution < -0.4 is 5.73 Å². The normalized spacial score (nSPS) is 18.8. The third-order valence-corrected chi connectivity index (χ3v) is 3.45. The molecular weight excluding hydrogens is 226 g/mol. The zero-order valence-electron chi connectivity index (χ0n) is 10.9. The van der Waals surface area contributed by atoms with Gasteiger partial charge in [-0.05, 0) is 43.6 Å². The van der Waals surface area contributed by atoms with Gasteiger partial charge in [0.1, 0.15) is 0 Å². The average molecular weight is 249 g/mol. The van der Waals surface area contributed by atoms with E-state index >= 15 is 0 Å². The number of likely N-dealkylation sites (tertiary alicyclic amines) is 1. The van der Waals surface area contributed by atoms with Crippen molar-refractivity contribution in [2.24, 2.45) is 5.73 Å². The molecule has 0 radical (unpaired) electrons. The Bertz CT molecular complexity index is 364. The average Bonchev–Trinajstić information content (AvgIpc) is 2.40. The molecule has 1 unspecified atom stereocenters. The van der Waals surface area contributed by atoms with Crippen LogP contribution in [-0.2, 0) is 13.0 Å². The molecule has 1 saturated heterocycles. The monoisotopic (exact) mass is 249 g/mol. The molecule has 1 fully saturated rings. The lowest BCUT2D eigenvalue weighted by Crippen LogP contribution is -2.29. The highest BCUT2D eigenvalue weighted by Gasteiger charge is 2.11. The van der Waals surface area contributed by atoms with E-state index in [9.17, 15) is 5.11 Å². The molecule has 1 aliphatic heterocycles. The minimum Gasteiger partial charge on any atom is -0.391 e. The maximum atomic E-state index is 9.55. The summed E-state index contributed by atoms with van der Waals surface area (Å²) in [6.45, 7) is 3.68. The lowest BCUT2D eigenvalue weighted by atomic mass is 10.1. The Kier molecular flexibility index (Phi) is 5.11. The topological polar surface area (TPSA) is 62.4 Å². The van der Waals surface area contributed by atoms with Crippen LogP contribution in [0.4, 0.5) is 0 Å². The number of nitrogens with zero attached hydrogens (tertiary/aromatic N) is 2. The van der Waals surface area contributed by atoms with Crippen molar-refractivity contribution >= 4 is 0 Å². The second-order valence-corrected chi connectivity index (χ2v) is 5.09. The summed E-state index contributed by atoms with van der Waals surface area (Å²) in [7, 11) is 0. The highest BCUT2D eigenvalue weighted by atomic mass is 16.3. The predicted octanol–water partition coefficient (Wildman–Crippen LogP) is 0.930. The molecule has 3 N–H and O–H groups in total. The molecule has 4 heteroatoms. The van der Waals surface area contributed by atoms with Crippen LogP contribution in [0.15, 0.2) is 18.3 Å². The quantitative estimate of drug-likeness (QED) is 0.815. The third-order valence-electron chi connectivity index (χ3n) is 3.45. The van der Waals surface area contributed by atoms with Crippen molar-refractivity contribution in [3.63, 3.8) is 0 Å². The van der Waals surface area contributed by atoms with Gasteiger partial charge >= 0.3 is 0 Å². The SMILES string of the molecule is NCC(O)Cc1cc(CN2CCCCC2)ccn1. The molecule has 18 heavy (non-hydrogen) atoms. The van der Waals surface area contributed by atoms with Gasteiger partial charge in [-0.3, -0.25) is 9.88 Å². The van der Waals surface area contributed by atoms with Crippen molar-refractivity contribution in [3.8, 4) is 0 Å². The second-order valence-electron chi connectivity index (χ2n) is 5.09. The molecule has 1 atom stereocenters. The van der Waals surface area contributed by atoms with Crippen molar-refractivity contribution in [1.29, 1.82) is 0 Å². The standard InChI is InChI=1S/C14H23N3O/c15-10-14(18)9-13-8-12(4-5-16-13)11-17-6-2-1-3-7-17/h4-5,8,14,18H,1-3,6-7,9-11,15H2. The van der Waals surface area contributed by atoms with Gasteiger partial charge in [0.2, 0.25) is 0 Å². The smallest absolute Gasteiger partial charge is 0.0717 e. The van der Waals surface area contributed by atoms with Gasteiger partial charge in [-0.15, -0.1) is 0 Å². The summed E-state index contributed by atoms with van der Waals surface area (Å²) < 4.78 is 0. The number of aromatic nitrogens is 1. The highest BCUT2D eigenvalue weighted by Crippen LogP contribution is 2.13. The van der Waals surface area contributed by atoms with Crippen LogP contribution in [0.2, 0.25) is 0 Å². The third kappa shape index (κ3) is 4.05. The summed E-state index contributed by atoms with van der Waals surface area (Å²) in [6, 6.07) is 4.15. The number of nitrogens with two attached hydrogens (primary N) is 1. The zero-order valence-corrected chi connectivity index (χ0v) is 10.9. The predicted molar refractivity (Wildman–Crippen MR) is 72.1 cm³/mol. The fourth-order valence-electron chi connectivity index (χ4n) is 2.44. The van der Waals surface area contributed by atoms with Crippen LogP contribution in [0.1, 0.15) is 30.5 Å². The summed E-state index contributed by atoms with van der Waals surface area (Å²) >= 11 is 0. The van der Waals surface area contributed by atoms with E-state index < -0.39 is 6.10 Å². The number of piperidine rings is 1. The molecule has 1 aromatic rings. The molecule has 100 valence electrons. The van der Waals surface area contributed by atoms with Crippen LogP contribution in [0.25, 0.3) is 0 Å². The summed E-state index contributed by atoms with van der Waals surface area (Å²) in [4.78, 5) is 6.77. The zero-order chi connectivity index (χ0) is 12.8. The number of aliphatic hydroxyl groups excluding tert-OH is 1. The molecule has 1 aliphatic rings. The molecular formula is C14H23N3O. The molecule has 0 bridgehead atoms. The van der Waals surface area contributed by atoms with E-state index in [1.54, 1.807) is 0 Å². The molecule has 1 aromatic heterocycles. The van der Waals surface area contributed by atoms with Gasteiger partial charge in [-0.25, -0.2) is 0 Å². The summed E-state index contributed by atoms with van der Waals surface area (Å²) in [5, 5.41) is 9.55. The van der Waals surface area contributed by atoms with E-state index in [2.05, 4.69) is 22.0 Å².